The largest absolute Gasteiger partial charge is 0.323 e. The smallest absolute Gasteiger partial charge is 0.0962 e. The third-order valence-corrected chi connectivity index (χ3v) is 3.71. The summed E-state index contributed by atoms with van der Waals surface area (Å²) in [6, 6.07) is 0.148. The maximum absolute atomic E-state index is 5.82. The highest BCUT2D eigenvalue weighted by Crippen LogP contribution is 2.43. The number of aryl methyl sites for hydroxylation is 1. The summed E-state index contributed by atoms with van der Waals surface area (Å²) in [5.41, 5.74) is 6.95. The minimum absolute atomic E-state index is 0.148. The zero-order valence-corrected chi connectivity index (χ0v) is 8.32. The van der Waals surface area contributed by atoms with Crippen LogP contribution in [0.2, 0.25) is 0 Å². The van der Waals surface area contributed by atoms with E-state index >= 15 is 0 Å². The van der Waals surface area contributed by atoms with E-state index in [9.17, 15) is 0 Å². The van der Waals surface area contributed by atoms with Crippen LogP contribution in [0.4, 0.5) is 0 Å². The van der Waals surface area contributed by atoms with Crippen LogP contribution in [0.5, 0.6) is 0 Å². The van der Waals surface area contributed by atoms with Gasteiger partial charge in [-0.15, -0.1) is 11.3 Å². The van der Waals surface area contributed by atoms with Gasteiger partial charge in [-0.3, -0.25) is 0 Å². The molecule has 1 fully saturated rings. The summed E-state index contributed by atoms with van der Waals surface area (Å²) in [5.74, 6) is 0.765. The number of rotatable bonds is 2. The fourth-order valence-corrected chi connectivity index (χ4v) is 2.55. The van der Waals surface area contributed by atoms with Gasteiger partial charge in [0.15, 0.2) is 0 Å². The normalized spacial score (nSPS) is 19.6. The van der Waals surface area contributed by atoms with Crippen LogP contribution in [0.1, 0.15) is 47.3 Å². The molecule has 12 heavy (non-hydrogen) atoms. The first kappa shape index (κ1) is 8.20. The number of aromatic nitrogens is 1. The first-order valence-electron chi connectivity index (χ1n) is 4.41. The SMILES string of the molecule is Cc1nc(C2CC2)sc1C(C)N. The van der Waals surface area contributed by atoms with Crippen LogP contribution in [0.3, 0.4) is 0 Å². The molecule has 0 aliphatic heterocycles. The van der Waals surface area contributed by atoms with E-state index in [1.165, 1.54) is 22.7 Å². The second-order valence-electron chi connectivity index (χ2n) is 3.56. The summed E-state index contributed by atoms with van der Waals surface area (Å²) in [6.45, 7) is 4.08. The molecule has 0 bridgehead atoms. The lowest BCUT2D eigenvalue weighted by Crippen LogP contribution is -2.03. The molecule has 1 saturated carbocycles. The average Bonchev–Trinajstić information content (AvgIpc) is 2.75. The Labute approximate surface area is 76.8 Å². The second-order valence-corrected chi connectivity index (χ2v) is 4.63. The molecule has 1 unspecified atom stereocenters. The summed E-state index contributed by atoms with van der Waals surface area (Å²) in [5, 5.41) is 1.31. The molecule has 0 spiro atoms. The van der Waals surface area contributed by atoms with Crippen molar-refractivity contribution in [2.45, 2.75) is 38.6 Å². The molecule has 0 aromatic carbocycles. The van der Waals surface area contributed by atoms with Gasteiger partial charge < -0.3 is 5.73 Å². The van der Waals surface area contributed by atoms with Gasteiger partial charge in [0, 0.05) is 16.8 Å². The van der Waals surface area contributed by atoms with Crippen LogP contribution in [-0.2, 0) is 0 Å². The van der Waals surface area contributed by atoms with Gasteiger partial charge in [0.25, 0.3) is 0 Å². The van der Waals surface area contributed by atoms with Gasteiger partial charge in [-0.05, 0) is 26.7 Å². The highest BCUT2D eigenvalue weighted by Gasteiger charge is 2.27. The Bertz CT molecular complexity index is 287. The third-order valence-electron chi connectivity index (χ3n) is 2.19. The molecule has 1 aliphatic rings. The van der Waals surface area contributed by atoms with Crippen molar-refractivity contribution in [2.24, 2.45) is 5.73 Å². The van der Waals surface area contributed by atoms with E-state index in [2.05, 4.69) is 11.9 Å². The van der Waals surface area contributed by atoms with E-state index in [-0.39, 0.29) is 6.04 Å². The standard InChI is InChI=1S/C9H14N2S/c1-5(10)8-6(2)11-9(12-8)7-3-4-7/h5,7H,3-4,10H2,1-2H3. The van der Waals surface area contributed by atoms with Crippen molar-refractivity contribution in [3.8, 4) is 0 Å². The van der Waals surface area contributed by atoms with E-state index in [0.29, 0.717) is 0 Å². The van der Waals surface area contributed by atoms with Gasteiger partial charge in [0.2, 0.25) is 0 Å². The van der Waals surface area contributed by atoms with Crippen LogP contribution >= 0.6 is 11.3 Å². The molecule has 2 nitrogen and oxygen atoms in total. The Hall–Kier alpha value is -0.410. The van der Waals surface area contributed by atoms with Gasteiger partial charge in [-0.25, -0.2) is 4.98 Å². The summed E-state index contributed by atoms with van der Waals surface area (Å²) < 4.78 is 0. The molecular formula is C9H14N2S. The number of nitrogens with zero attached hydrogens (tertiary/aromatic N) is 1. The Balaban J connectivity index is 2.30. The zero-order chi connectivity index (χ0) is 8.72. The Morgan fingerprint density at radius 1 is 1.58 bits per heavy atom. The molecule has 2 rings (SSSR count). The van der Waals surface area contributed by atoms with Crippen molar-refractivity contribution in [2.75, 3.05) is 0 Å². The minimum atomic E-state index is 0.148. The molecule has 1 aromatic heterocycles. The molecule has 3 heteroatoms. The van der Waals surface area contributed by atoms with Gasteiger partial charge in [-0.1, -0.05) is 0 Å². The molecular weight excluding hydrogens is 168 g/mol. The molecule has 0 radical (unpaired) electrons. The second kappa shape index (κ2) is 2.82. The number of hydrogen-bond acceptors (Lipinski definition) is 3. The van der Waals surface area contributed by atoms with E-state index in [1.807, 2.05) is 6.92 Å². The monoisotopic (exact) mass is 182 g/mol. The van der Waals surface area contributed by atoms with Crippen molar-refractivity contribution in [3.63, 3.8) is 0 Å². The fourth-order valence-electron chi connectivity index (χ4n) is 1.36. The highest BCUT2D eigenvalue weighted by molar-refractivity contribution is 7.12. The van der Waals surface area contributed by atoms with Crippen LogP contribution in [0.15, 0.2) is 0 Å². The maximum atomic E-state index is 5.82. The fraction of sp³-hybridized carbons (Fsp3) is 0.667. The molecule has 0 amide bonds. The van der Waals surface area contributed by atoms with Gasteiger partial charge >= 0.3 is 0 Å². The van der Waals surface area contributed by atoms with Crippen LogP contribution in [0, 0.1) is 6.92 Å². The predicted octanol–water partition coefficient (Wildman–Crippen LogP) is 2.35. The summed E-state index contributed by atoms with van der Waals surface area (Å²) >= 11 is 1.80. The number of nitrogens with two attached hydrogens (primary N) is 1. The summed E-state index contributed by atoms with van der Waals surface area (Å²) in [6.07, 6.45) is 2.65. The first-order chi connectivity index (χ1) is 5.68. The van der Waals surface area contributed by atoms with E-state index < -0.39 is 0 Å². The van der Waals surface area contributed by atoms with E-state index in [1.54, 1.807) is 11.3 Å². The van der Waals surface area contributed by atoms with Crippen LogP contribution in [0.25, 0.3) is 0 Å². The van der Waals surface area contributed by atoms with Crippen LogP contribution in [-0.4, -0.2) is 4.98 Å². The van der Waals surface area contributed by atoms with Crippen molar-refractivity contribution in [1.29, 1.82) is 0 Å². The number of hydrogen-bond donors (Lipinski definition) is 1. The first-order valence-corrected chi connectivity index (χ1v) is 5.23. The molecule has 1 atom stereocenters. The van der Waals surface area contributed by atoms with Gasteiger partial charge in [0.05, 0.1) is 10.7 Å². The summed E-state index contributed by atoms with van der Waals surface area (Å²) in [4.78, 5) is 5.79. The Kier molecular flexibility index (Phi) is 1.93. The summed E-state index contributed by atoms with van der Waals surface area (Å²) in [7, 11) is 0. The lowest BCUT2D eigenvalue weighted by molar-refractivity contribution is 0.824. The maximum Gasteiger partial charge on any atom is 0.0962 e. The highest BCUT2D eigenvalue weighted by atomic mass is 32.1. The molecule has 1 aromatic rings. The predicted molar refractivity (Wildman–Crippen MR) is 51.4 cm³/mol. The molecule has 0 saturated heterocycles. The Morgan fingerprint density at radius 3 is 2.67 bits per heavy atom. The number of thiazole rings is 1. The third kappa shape index (κ3) is 1.39. The van der Waals surface area contributed by atoms with Crippen molar-refractivity contribution in [1.82, 2.24) is 4.98 Å². The van der Waals surface area contributed by atoms with Crippen molar-refractivity contribution >= 4 is 11.3 Å². The van der Waals surface area contributed by atoms with Crippen molar-refractivity contribution in [3.05, 3.63) is 15.6 Å². The lowest BCUT2D eigenvalue weighted by atomic mass is 10.2. The van der Waals surface area contributed by atoms with Gasteiger partial charge in [0.1, 0.15) is 0 Å². The quantitative estimate of drug-likeness (QED) is 0.762. The minimum Gasteiger partial charge on any atom is -0.323 e. The molecule has 2 N–H and O–H groups in total. The van der Waals surface area contributed by atoms with Crippen molar-refractivity contribution < 1.29 is 0 Å². The average molecular weight is 182 g/mol. The van der Waals surface area contributed by atoms with Crippen LogP contribution < -0.4 is 5.73 Å². The van der Waals surface area contributed by atoms with E-state index in [4.69, 9.17) is 5.73 Å². The lowest BCUT2D eigenvalue weighted by Gasteiger charge is -1.99. The molecule has 66 valence electrons. The van der Waals surface area contributed by atoms with E-state index in [0.717, 1.165) is 11.6 Å². The zero-order valence-electron chi connectivity index (χ0n) is 7.50. The Morgan fingerprint density at radius 2 is 2.25 bits per heavy atom. The van der Waals surface area contributed by atoms with Gasteiger partial charge in [-0.2, -0.15) is 0 Å². The molecule has 1 aliphatic carbocycles. The molecule has 1 heterocycles. The topological polar surface area (TPSA) is 38.9 Å².